The van der Waals surface area contributed by atoms with Gasteiger partial charge in [0.1, 0.15) is 9.84 Å². The van der Waals surface area contributed by atoms with E-state index in [1.165, 1.54) is 29.4 Å². The summed E-state index contributed by atoms with van der Waals surface area (Å²) in [6.45, 7) is 0. The largest absolute Gasteiger partial charge is 0.297 e. The van der Waals surface area contributed by atoms with Crippen LogP contribution in [0.5, 0.6) is 0 Å². The van der Waals surface area contributed by atoms with E-state index in [2.05, 4.69) is 0 Å². The summed E-state index contributed by atoms with van der Waals surface area (Å²) in [5.41, 5.74) is 0. The Labute approximate surface area is 91.4 Å². The smallest absolute Gasteiger partial charge is 0.160 e. The van der Waals surface area contributed by atoms with Crippen LogP contribution in [0.4, 0.5) is 0 Å². The van der Waals surface area contributed by atoms with Crippen molar-refractivity contribution in [2.24, 2.45) is 0 Å². The summed E-state index contributed by atoms with van der Waals surface area (Å²) in [6.07, 6.45) is 2.02. The highest BCUT2D eigenvalue weighted by atomic mass is 32.2. The van der Waals surface area contributed by atoms with E-state index in [4.69, 9.17) is 0 Å². The molecule has 78 valence electrons. The van der Waals surface area contributed by atoms with E-state index >= 15 is 0 Å². The van der Waals surface area contributed by atoms with Gasteiger partial charge in [-0.2, -0.15) is 0 Å². The molecular weight excluding hydrogens is 240 g/mol. The summed E-state index contributed by atoms with van der Waals surface area (Å²) in [5, 5.41) is 0. The SMILES string of the molecule is CS(=O)(=O)CCSc1ccc(C=O)s1. The maximum absolute atomic E-state index is 10.8. The Morgan fingerprint density at radius 1 is 1.50 bits per heavy atom. The Bertz CT molecular complexity index is 405. The molecule has 0 unspecified atom stereocenters. The molecule has 1 heterocycles. The predicted molar refractivity (Wildman–Crippen MR) is 60.1 cm³/mol. The van der Waals surface area contributed by atoms with Gasteiger partial charge in [0.25, 0.3) is 0 Å². The molecule has 0 saturated carbocycles. The quantitative estimate of drug-likeness (QED) is 0.589. The Morgan fingerprint density at radius 2 is 2.21 bits per heavy atom. The zero-order chi connectivity index (χ0) is 10.6. The van der Waals surface area contributed by atoms with E-state index < -0.39 is 9.84 Å². The molecule has 0 bridgehead atoms. The number of rotatable bonds is 5. The van der Waals surface area contributed by atoms with E-state index in [-0.39, 0.29) is 5.75 Å². The molecule has 0 radical (unpaired) electrons. The standard InChI is InChI=1S/C8H10O3S3/c1-14(10,11)5-4-12-8-3-2-7(6-9)13-8/h2-3,6H,4-5H2,1H3. The molecule has 3 nitrogen and oxygen atoms in total. The molecule has 0 aliphatic carbocycles. The highest BCUT2D eigenvalue weighted by Crippen LogP contribution is 2.26. The third kappa shape index (κ3) is 4.26. The molecule has 0 amide bonds. The van der Waals surface area contributed by atoms with Crippen LogP contribution in [-0.2, 0) is 9.84 Å². The van der Waals surface area contributed by atoms with Crippen molar-refractivity contribution in [1.29, 1.82) is 0 Å². The van der Waals surface area contributed by atoms with Crippen LogP contribution in [0.25, 0.3) is 0 Å². The van der Waals surface area contributed by atoms with Gasteiger partial charge in [-0.3, -0.25) is 4.79 Å². The molecule has 0 N–H and O–H groups in total. The first-order valence-corrected chi connectivity index (χ1v) is 7.73. The number of hydrogen-bond acceptors (Lipinski definition) is 5. The lowest BCUT2D eigenvalue weighted by Crippen LogP contribution is -2.04. The van der Waals surface area contributed by atoms with Crippen molar-refractivity contribution in [2.45, 2.75) is 4.21 Å². The van der Waals surface area contributed by atoms with Gasteiger partial charge in [0.2, 0.25) is 0 Å². The fourth-order valence-corrected chi connectivity index (χ4v) is 4.01. The number of thiophene rings is 1. The second-order valence-corrected chi connectivity index (χ2v) is 7.52. The van der Waals surface area contributed by atoms with Crippen molar-refractivity contribution in [3.05, 3.63) is 17.0 Å². The molecule has 0 atom stereocenters. The minimum atomic E-state index is -2.88. The predicted octanol–water partition coefficient (Wildman–Crippen LogP) is 1.70. The van der Waals surface area contributed by atoms with E-state index in [9.17, 15) is 13.2 Å². The van der Waals surface area contributed by atoms with Gasteiger partial charge in [-0.15, -0.1) is 23.1 Å². The summed E-state index contributed by atoms with van der Waals surface area (Å²) in [6, 6.07) is 3.57. The summed E-state index contributed by atoms with van der Waals surface area (Å²) >= 11 is 2.85. The first kappa shape index (κ1) is 11.7. The first-order chi connectivity index (χ1) is 6.51. The maximum atomic E-state index is 10.8. The second-order valence-electron chi connectivity index (χ2n) is 2.75. The molecule has 14 heavy (non-hydrogen) atoms. The normalized spacial score (nSPS) is 11.5. The molecule has 0 saturated heterocycles. The number of thioether (sulfide) groups is 1. The van der Waals surface area contributed by atoms with Crippen LogP contribution in [0.3, 0.4) is 0 Å². The molecule has 0 aliphatic heterocycles. The van der Waals surface area contributed by atoms with Crippen molar-refractivity contribution in [2.75, 3.05) is 17.8 Å². The van der Waals surface area contributed by atoms with Crippen LogP contribution in [0.15, 0.2) is 16.3 Å². The van der Waals surface area contributed by atoms with Crippen LogP contribution < -0.4 is 0 Å². The summed E-state index contributed by atoms with van der Waals surface area (Å²) in [5.74, 6) is 0.712. The van der Waals surface area contributed by atoms with Crippen LogP contribution in [-0.4, -0.2) is 32.5 Å². The Kier molecular flexibility index (Phi) is 4.15. The number of hydrogen-bond donors (Lipinski definition) is 0. The Balaban J connectivity index is 2.42. The topological polar surface area (TPSA) is 51.2 Å². The number of carbonyl (C=O) groups excluding carboxylic acids is 1. The van der Waals surface area contributed by atoms with Gasteiger partial charge in [0, 0.05) is 12.0 Å². The van der Waals surface area contributed by atoms with Gasteiger partial charge in [0.05, 0.1) is 14.8 Å². The van der Waals surface area contributed by atoms with Crippen molar-refractivity contribution in [1.82, 2.24) is 0 Å². The van der Waals surface area contributed by atoms with Crippen LogP contribution in [0, 0.1) is 0 Å². The second kappa shape index (κ2) is 4.95. The summed E-state index contributed by atoms with van der Waals surface area (Å²) < 4.78 is 22.6. The lowest BCUT2D eigenvalue weighted by Gasteiger charge is -1.95. The highest BCUT2D eigenvalue weighted by Gasteiger charge is 2.04. The van der Waals surface area contributed by atoms with E-state index in [1.54, 1.807) is 6.07 Å². The van der Waals surface area contributed by atoms with Crippen molar-refractivity contribution in [3.8, 4) is 0 Å². The van der Waals surface area contributed by atoms with Gasteiger partial charge in [-0.05, 0) is 12.1 Å². The van der Waals surface area contributed by atoms with Gasteiger partial charge in [0.15, 0.2) is 6.29 Å². The minimum Gasteiger partial charge on any atom is -0.297 e. The van der Waals surface area contributed by atoms with Gasteiger partial charge < -0.3 is 0 Å². The van der Waals surface area contributed by atoms with Gasteiger partial charge >= 0.3 is 0 Å². The molecule has 1 aromatic heterocycles. The summed E-state index contributed by atoms with van der Waals surface area (Å²) in [7, 11) is -2.88. The minimum absolute atomic E-state index is 0.173. The zero-order valence-corrected chi connectivity index (χ0v) is 10.0. The Hall–Kier alpha value is -0.330. The fraction of sp³-hybridized carbons (Fsp3) is 0.375. The molecular formula is C8H10O3S3. The zero-order valence-electron chi connectivity index (χ0n) is 7.60. The Morgan fingerprint density at radius 3 is 2.71 bits per heavy atom. The fourth-order valence-electron chi connectivity index (χ4n) is 0.769. The van der Waals surface area contributed by atoms with Gasteiger partial charge in [-0.25, -0.2) is 8.42 Å². The van der Waals surface area contributed by atoms with Crippen LogP contribution >= 0.6 is 23.1 Å². The van der Waals surface area contributed by atoms with E-state index in [0.717, 1.165) is 10.5 Å². The van der Waals surface area contributed by atoms with Crippen molar-refractivity contribution >= 4 is 39.2 Å². The molecule has 6 heteroatoms. The lowest BCUT2D eigenvalue weighted by molar-refractivity contribution is 0.112. The van der Waals surface area contributed by atoms with E-state index in [1.807, 2.05) is 6.07 Å². The first-order valence-electron chi connectivity index (χ1n) is 3.87. The van der Waals surface area contributed by atoms with E-state index in [0.29, 0.717) is 10.6 Å². The number of sulfone groups is 1. The third-order valence-corrected chi connectivity index (χ3v) is 4.86. The summed E-state index contributed by atoms with van der Waals surface area (Å²) in [4.78, 5) is 11.0. The molecule has 0 aliphatic rings. The van der Waals surface area contributed by atoms with Gasteiger partial charge in [-0.1, -0.05) is 0 Å². The highest BCUT2D eigenvalue weighted by molar-refractivity contribution is 8.02. The molecule has 1 rings (SSSR count). The maximum Gasteiger partial charge on any atom is 0.160 e. The monoisotopic (exact) mass is 250 g/mol. The average Bonchev–Trinajstić information content (AvgIpc) is 2.50. The van der Waals surface area contributed by atoms with Crippen molar-refractivity contribution in [3.63, 3.8) is 0 Å². The molecule has 0 spiro atoms. The van der Waals surface area contributed by atoms with Crippen molar-refractivity contribution < 1.29 is 13.2 Å². The van der Waals surface area contributed by atoms with Crippen LogP contribution in [0.2, 0.25) is 0 Å². The average molecular weight is 250 g/mol. The molecule has 0 fully saturated rings. The molecule has 1 aromatic rings. The third-order valence-electron chi connectivity index (χ3n) is 1.42. The lowest BCUT2D eigenvalue weighted by atomic mass is 10.5. The number of aldehydes is 1. The number of carbonyl (C=O) groups is 1. The van der Waals surface area contributed by atoms with Crippen LogP contribution in [0.1, 0.15) is 9.67 Å². The molecule has 0 aromatic carbocycles.